The number of carbonyl (C=O) groups excluding carboxylic acids is 1. The van der Waals surface area contributed by atoms with Gasteiger partial charge in [0.1, 0.15) is 116 Å². The molecule has 32 atom stereocenters. The zero-order chi connectivity index (χ0) is 62.7. The monoisotopic (exact) mass is 1240 g/mol. The summed E-state index contributed by atoms with van der Waals surface area (Å²) in [5.74, 6) is -0.513. The summed E-state index contributed by atoms with van der Waals surface area (Å²) in [5.41, 5.74) is -1.24. The molecule has 0 bridgehead atoms. The van der Waals surface area contributed by atoms with E-state index in [2.05, 4.69) is 54.5 Å². The number of ether oxygens (including phenoxy) is 10. The molecule has 0 spiro atoms. The lowest BCUT2D eigenvalue weighted by Crippen LogP contribution is -2.66. The van der Waals surface area contributed by atoms with Gasteiger partial charge < -0.3 is 129 Å². The van der Waals surface area contributed by atoms with Crippen LogP contribution in [-0.2, 0) is 52.2 Å². The van der Waals surface area contributed by atoms with Gasteiger partial charge in [-0.2, -0.15) is 0 Å². The Morgan fingerprint density at radius 1 is 0.523 bits per heavy atom. The fourth-order valence-corrected chi connectivity index (χ4v) is 17.6. The Morgan fingerprint density at radius 2 is 1.06 bits per heavy atom. The van der Waals surface area contributed by atoms with Crippen LogP contribution in [0.1, 0.15) is 113 Å². The lowest BCUT2D eigenvalue weighted by Gasteiger charge is -2.71. The highest BCUT2D eigenvalue weighted by molar-refractivity contribution is 5.79. The van der Waals surface area contributed by atoms with Gasteiger partial charge in [-0.3, -0.25) is 4.79 Å². The number of hydrogen-bond acceptors (Lipinski definition) is 27. The van der Waals surface area contributed by atoms with Crippen LogP contribution in [0.4, 0.5) is 0 Å². The van der Waals surface area contributed by atoms with E-state index < -0.39 is 197 Å². The summed E-state index contributed by atoms with van der Waals surface area (Å²) in [6.07, 6.45) is -30.9. The van der Waals surface area contributed by atoms with E-state index in [4.69, 9.17) is 47.4 Å². The molecule has 4 saturated carbocycles. The van der Waals surface area contributed by atoms with E-state index in [9.17, 15) is 81.7 Å². The van der Waals surface area contributed by atoms with Crippen LogP contribution in [-0.4, -0.2) is 274 Å². The van der Waals surface area contributed by atoms with Crippen molar-refractivity contribution in [1.29, 1.82) is 0 Å². The van der Waals surface area contributed by atoms with E-state index >= 15 is 4.79 Å². The summed E-state index contributed by atoms with van der Waals surface area (Å²) in [5, 5.41) is 171. The molecule has 0 amide bonds. The molecule has 10 rings (SSSR count). The fraction of sp³-hybridized carbons (Fsp3) is 0.949. The zero-order valence-corrected chi connectivity index (χ0v) is 50.0. The summed E-state index contributed by atoms with van der Waals surface area (Å²) in [6, 6.07) is 0. The Hall–Kier alpha value is -1.79. The molecule has 27 nitrogen and oxygen atoms in total. The summed E-state index contributed by atoms with van der Waals surface area (Å²) in [4.78, 5) is 15.1. The van der Waals surface area contributed by atoms with E-state index in [1.54, 1.807) is 0 Å². The maximum Gasteiger partial charge on any atom is 0.315 e. The summed E-state index contributed by atoms with van der Waals surface area (Å²) < 4.78 is 58.8. The molecule has 5 heterocycles. The second kappa shape index (κ2) is 24.9. The second-order valence-corrected chi connectivity index (χ2v) is 28.7. The van der Waals surface area contributed by atoms with Gasteiger partial charge >= 0.3 is 5.97 Å². The SMILES string of the molecule is CC1(C)CC[C@]2(C(=O)O[C@@H]3O[C@H](CO[C@@H]4O[C@H](CO)[C@@H](O)[C@H](O)[C@H]4O)[C@@H](O)[C@H](O)[C@H]3O)CC[C@]3(C)C(=CC[C@@H]4[C@@]5(C)CC[C@H](O[C@@H]6OC[C@H](O)[C@H](O[C@@H]7O[C@H](CO)[C@@H](O[C@@H]8O[C@H](CO)[C@@H](O)[C@H](O)[C@H]8O)[C@H](O)[C@H]7O)[C@H]6O)C(C)(C)[C@@H]5CC[C@]43C)[C@@H]2C1. The van der Waals surface area contributed by atoms with Crippen LogP contribution in [0.2, 0.25) is 0 Å². The van der Waals surface area contributed by atoms with Gasteiger partial charge in [0.15, 0.2) is 25.2 Å². The van der Waals surface area contributed by atoms with Crippen LogP contribution in [0.5, 0.6) is 0 Å². The standard InChI is InChI=1S/C59H96O27/c1-54(2)14-16-59(53(76)86-52-43(73)39(69)36(66)30(82-52)23-78-48-41(71)37(67)34(64)27(19-60)79-48)17-15-57(6)24(25(59)18-54)8-9-32-56(5)12-11-33(55(3,4)31(56)10-13-58(32,57)7)83-49-45(75)46(26(63)22-77-49)84-51-44(74)40(70)47(29(21-62)81-51)85-50-42(72)38(68)35(65)28(20-61)80-50/h8,25-52,60-75H,9-23H2,1-7H3/t25-,26-,27+,28+,29+,30+,31-,32+,33-,34+,35+,36+,37-,38-,39-,40+,41+,42+,43+,44+,45+,46-,47+,48+,49-,50-,51-,52-,56-,57+,58+,59-/m0/s1. The van der Waals surface area contributed by atoms with Crippen LogP contribution in [0, 0.1) is 50.2 Å². The first-order valence-corrected chi connectivity index (χ1v) is 30.7. The Kier molecular flexibility index (Phi) is 19.4. The fourth-order valence-electron chi connectivity index (χ4n) is 17.6. The third kappa shape index (κ3) is 11.3. The lowest BCUT2D eigenvalue weighted by molar-refractivity contribution is -0.377. The third-order valence-electron chi connectivity index (χ3n) is 23.1. The van der Waals surface area contributed by atoms with E-state index in [0.717, 1.165) is 25.7 Å². The normalized spacial score (nSPS) is 53.6. The van der Waals surface area contributed by atoms with Crippen LogP contribution in [0.25, 0.3) is 0 Å². The van der Waals surface area contributed by atoms with Gasteiger partial charge in [0.05, 0.1) is 44.6 Å². The average Bonchev–Trinajstić information content (AvgIpc) is 0.695. The highest BCUT2D eigenvalue weighted by Gasteiger charge is 2.70. The Bertz CT molecular complexity index is 2380. The quantitative estimate of drug-likeness (QED) is 0.0454. The van der Waals surface area contributed by atoms with Crippen molar-refractivity contribution in [3.8, 4) is 0 Å². The lowest BCUT2D eigenvalue weighted by atomic mass is 9.33. The van der Waals surface area contributed by atoms with E-state index in [0.29, 0.717) is 38.5 Å². The number of hydrogen-bond donors (Lipinski definition) is 16. The number of fused-ring (bicyclic) bond motifs is 7. The molecule has 5 aliphatic carbocycles. The van der Waals surface area contributed by atoms with E-state index in [1.807, 2.05) is 0 Å². The predicted octanol–water partition coefficient (Wildman–Crippen LogP) is -3.57. The second-order valence-electron chi connectivity index (χ2n) is 28.7. The number of carbonyl (C=O) groups is 1. The molecular weight excluding hydrogens is 1140 g/mol. The Labute approximate surface area is 499 Å². The molecule has 27 heteroatoms. The van der Waals surface area contributed by atoms with Gasteiger partial charge in [-0.1, -0.05) is 60.1 Å². The number of aliphatic hydroxyl groups is 16. The molecule has 0 radical (unpaired) electrons. The molecule has 10 aliphatic rings. The van der Waals surface area contributed by atoms with E-state index in [-0.39, 0.29) is 46.0 Å². The molecule has 16 N–H and O–H groups in total. The number of rotatable bonds is 14. The van der Waals surface area contributed by atoms with E-state index in [1.165, 1.54) is 5.57 Å². The minimum absolute atomic E-state index is 0.123. The van der Waals surface area contributed by atoms with Crippen LogP contribution < -0.4 is 0 Å². The van der Waals surface area contributed by atoms with Crippen LogP contribution in [0.15, 0.2) is 11.6 Å². The molecular formula is C59H96O27. The molecule has 86 heavy (non-hydrogen) atoms. The molecule has 0 unspecified atom stereocenters. The molecule has 5 saturated heterocycles. The molecule has 494 valence electrons. The van der Waals surface area contributed by atoms with Crippen molar-refractivity contribution < 1.29 is 134 Å². The average molecular weight is 1240 g/mol. The first-order chi connectivity index (χ1) is 40.3. The van der Waals surface area contributed by atoms with Gasteiger partial charge in [-0.25, -0.2) is 0 Å². The highest BCUT2D eigenvalue weighted by Crippen LogP contribution is 2.76. The Morgan fingerprint density at radius 3 is 1.69 bits per heavy atom. The maximum atomic E-state index is 15.1. The van der Waals surface area contributed by atoms with Gasteiger partial charge in [0.25, 0.3) is 0 Å². The van der Waals surface area contributed by atoms with Gasteiger partial charge in [-0.05, 0) is 109 Å². The Balaban J connectivity index is 0.809. The van der Waals surface area contributed by atoms with Gasteiger partial charge in [-0.15, -0.1) is 0 Å². The largest absolute Gasteiger partial charge is 0.432 e. The number of esters is 1. The van der Waals surface area contributed by atoms with Crippen molar-refractivity contribution >= 4 is 5.97 Å². The molecule has 5 aliphatic heterocycles. The van der Waals surface area contributed by atoms with Crippen molar-refractivity contribution in [2.24, 2.45) is 50.2 Å². The molecule has 0 aromatic rings. The molecule has 9 fully saturated rings. The van der Waals surface area contributed by atoms with Crippen LogP contribution >= 0.6 is 0 Å². The van der Waals surface area contributed by atoms with Crippen LogP contribution in [0.3, 0.4) is 0 Å². The summed E-state index contributed by atoms with van der Waals surface area (Å²) in [7, 11) is 0. The van der Waals surface area contributed by atoms with Crippen molar-refractivity contribution in [1.82, 2.24) is 0 Å². The van der Waals surface area contributed by atoms with Crippen molar-refractivity contribution in [3.05, 3.63) is 11.6 Å². The number of allylic oxidation sites excluding steroid dienone is 2. The number of aliphatic hydroxyl groups excluding tert-OH is 16. The minimum atomic E-state index is -1.93. The minimum Gasteiger partial charge on any atom is -0.432 e. The maximum absolute atomic E-state index is 15.1. The van der Waals surface area contributed by atoms with Crippen molar-refractivity contribution in [3.63, 3.8) is 0 Å². The van der Waals surface area contributed by atoms with Gasteiger partial charge in [0, 0.05) is 0 Å². The smallest absolute Gasteiger partial charge is 0.315 e. The predicted molar refractivity (Wildman–Crippen MR) is 289 cm³/mol. The summed E-state index contributed by atoms with van der Waals surface area (Å²) in [6.45, 7) is 12.7. The van der Waals surface area contributed by atoms with Crippen molar-refractivity contribution in [2.75, 3.05) is 33.0 Å². The third-order valence-corrected chi connectivity index (χ3v) is 23.1. The molecule has 0 aromatic heterocycles. The zero-order valence-electron chi connectivity index (χ0n) is 50.0. The topological polar surface area (TPSA) is 433 Å². The summed E-state index contributed by atoms with van der Waals surface area (Å²) >= 11 is 0. The van der Waals surface area contributed by atoms with Gasteiger partial charge in [0.2, 0.25) is 6.29 Å². The highest BCUT2D eigenvalue weighted by atomic mass is 16.8. The molecule has 0 aromatic carbocycles. The van der Waals surface area contributed by atoms with Crippen molar-refractivity contribution in [2.45, 2.75) is 266 Å². The first kappa shape index (κ1) is 67.1. The first-order valence-electron chi connectivity index (χ1n) is 30.7.